The largest absolute Gasteiger partial charge is 0.478 e. The summed E-state index contributed by atoms with van der Waals surface area (Å²) in [5.74, 6) is 4.66. The molecule has 0 aromatic rings. The summed E-state index contributed by atoms with van der Waals surface area (Å²) >= 11 is 0. The minimum atomic E-state index is -0.823. The molecule has 0 aromatic carbocycles. The van der Waals surface area contributed by atoms with Crippen LogP contribution in [0.15, 0.2) is 12.2 Å². The maximum Gasteiger partial charge on any atom is 0.330 e. The first-order valence-corrected chi connectivity index (χ1v) is 12.7. The van der Waals surface area contributed by atoms with Crippen molar-refractivity contribution in [3.63, 3.8) is 0 Å². The molecule has 164 valence electrons. The van der Waals surface area contributed by atoms with E-state index in [1.165, 1.54) is 64.2 Å². The zero-order valence-electron chi connectivity index (χ0n) is 19.2. The molecule has 4 rings (SSSR count). The third-order valence-corrected chi connectivity index (χ3v) is 10.8. The van der Waals surface area contributed by atoms with Gasteiger partial charge in [-0.05, 0) is 111 Å². The van der Waals surface area contributed by atoms with Crippen molar-refractivity contribution in [2.24, 2.45) is 46.3 Å². The van der Waals surface area contributed by atoms with Gasteiger partial charge >= 0.3 is 5.97 Å². The molecule has 0 spiro atoms. The van der Waals surface area contributed by atoms with E-state index >= 15 is 0 Å². The summed E-state index contributed by atoms with van der Waals surface area (Å²) < 4.78 is 0. The van der Waals surface area contributed by atoms with Crippen LogP contribution in [0.4, 0.5) is 0 Å². The summed E-state index contributed by atoms with van der Waals surface area (Å²) in [5, 5.41) is 9.07. The Hall–Kier alpha value is -0.790. The van der Waals surface area contributed by atoms with Crippen LogP contribution in [0, 0.1) is 46.3 Å². The van der Waals surface area contributed by atoms with Gasteiger partial charge in [0, 0.05) is 5.57 Å². The second-order valence-corrected chi connectivity index (χ2v) is 11.9. The lowest BCUT2D eigenvalue weighted by Crippen LogP contribution is -2.53. The fraction of sp³-hybridized carbons (Fsp3) is 0.889. The van der Waals surface area contributed by atoms with E-state index in [2.05, 4.69) is 27.4 Å². The van der Waals surface area contributed by atoms with Crippen molar-refractivity contribution in [1.82, 2.24) is 0 Å². The Balaban J connectivity index is 1.42. The van der Waals surface area contributed by atoms with Crippen LogP contribution in [-0.2, 0) is 4.79 Å². The molecule has 0 radical (unpaired) electrons. The van der Waals surface area contributed by atoms with Gasteiger partial charge in [0.1, 0.15) is 0 Å². The first-order chi connectivity index (χ1) is 13.8. The Morgan fingerprint density at radius 2 is 1.76 bits per heavy atom. The predicted molar refractivity (Wildman–Crippen MR) is 120 cm³/mol. The molecule has 0 aliphatic heterocycles. The van der Waals surface area contributed by atoms with Gasteiger partial charge in [-0.15, -0.1) is 0 Å². The normalized spacial score (nSPS) is 45.0. The lowest BCUT2D eigenvalue weighted by Gasteiger charge is -2.61. The third kappa shape index (κ3) is 3.61. The minimum Gasteiger partial charge on any atom is -0.478 e. The first kappa shape index (κ1) is 21.4. The molecule has 29 heavy (non-hydrogen) atoms. The number of carbonyl (C=O) groups is 1. The molecule has 8 atom stereocenters. The number of aliphatic carboxylic acids is 1. The van der Waals surface area contributed by atoms with Gasteiger partial charge < -0.3 is 5.11 Å². The maximum atomic E-state index is 11.0. The van der Waals surface area contributed by atoms with Gasteiger partial charge in [-0.25, -0.2) is 4.79 Å². The molecule has 4 fully saturated rings. The van der Waals surface area contributed by atoms with Crippen LogP contribution in [-0.4, -0.2) is 11.1 Å². The van der Waals surface area contributed by atoms with E-state index in [1.807, 2.05) is 0 Å². The average molecular weight is 401 g/mol. The molecule has 2 unspecified atom stereocenters. The number of hydrogen-bond donors (Lipinski definition) is 1. The maximum absolute atomic E-state index is 11.0. The van der Waals surface area contributed by atoms with Crippen molar-refractivity contribution >= 4 is 5.97 Å². The lowest BCUT2D eigenvalue weighted by atomic mass is 9.44. The first-order valence-electron chi connectivity index (χ1n) is 12.7. The van der Waals surface area contributed by atoms with Gasteiger partial charge in [-0.1, -0.05) is 46.6 Å². The summed E-state index contributed by atoms with van der Waals surface area (Å²) in [6, 6.07) is 0. The molecule has 0 saturated heterocycles. The van der Waals surface area contributed by atoms with Crippen molar-refractivity contribution in [3.05, 3.63) is 12.2 Å². The summed E-state index contributed by atoms with van der Waals surface area (Å²) in [4.78, 5) is 11.0. The molecule has 0 amide bonds. The lowest BCUT2D eigenvalue weighted by molar-refractivity contribution is -0.132. The van der Waals surface area contributed by atoms with Crippen molar-refractivity contribution in [1.29, 1.82) is 0 Å². The summed E-state index contributed by atoms with van der Waals surface area (Å²) in [6.45, 7) is 11.5. The molecule has 2 nitrogen and oxygen atoms in total. The van der Waals surface area contributed by atoms with Gasteiger partial charge in [-0.3, -0.25) is 0 Å². The van der Waals surface area contributed by atoms with E-state index < -0.39 is 5.97 Å². The van der Waals surface area contributed by atoms with Crippen LogP contribution in [0.1, 0.15) is 104 Å². The van der Waals surface area contributed by atoms with Crippen molar-refractivity contribution in [2.75, 3.05) is 0 Å². The van der Waals surface area contributed by atoms with E-state index in [1.54, 1.807) is 0 Å². The van der Waals surface area contributed by atoms with Crippen LogP contribution in [0.3, 0.4) is 0 Å². The minimum absolute atomic E-state index is 0.380. The van der Waals surface area contributed by atoms with Crippen molar-refractivity contribution in [2.45, 2.75) is 104 Å². The summed E-state index contributed by atoms with van der Waals surface area (Å²) in [6.07, 6.45) is 17.5. The highest BCUT2D eigenvalue weighted by Gasteiger charge is 2.59. The van der Waals surface area contributed by atoms with Crippen molar-refractivity contribution < 1.29 is 9.90 Å². The fourth-order valence-electron chi connectivity index (χ4n) is 9.22. The molecule has 0 bridgehead atoms. The molecular weight excluding hydrogens is 356 g/mol. The van der Waals surface area contributed by atoms with Crippen LogP contribution < -0.4 is 0 Å². The molecule has 0 aromatic heterocycles. The monoisotopic (exact) mass is 400 g/mol. The third-order valence-electron chi connectivity index (χ3n) is 10.8. The van der Waals surface area contributed by atoms with Gasteiger partial charge in [0.15, 0.2) is 0 Å². The standard InChI is InChI=1S/C27H44O2/c1-18(8-7-9-19(2)25(28)29)22-13-14-23-21-12-11-20-10-5-6-16-26(20,3)24(21)15-17-27(22,23)4/h18,20-24H,2,5-17H2,1,3-4H3,(H,28,29)/t18?,20?,21-,22+,23-,24-,26-,27+/m0/s1. The van der Waals surface area contributed by atoms with Crippen LogP contribution in [0.2, 0.25) is 0 Å². The number of carboxylic acid groups (broad SMARTS) is 1. The molecule has 0 heterocycles. The highest BCUT2D eigenvalue weighted by Crippen LogP contribution is 2.68. The number of carboxylic acids is 1. The van der Waals surface area contributed by atoms with E-state index in [4.69, 9.17) is 5.11 Å². The molecule has 4 aliphatic carbocycles. The second-order valence-electron chi connectivity index (χ2n) is 11.9. The molecule has 4 saturated carbocycles. The van der Waals surface area contributed by atoms with Crippen LogP contribution >= 0.6 is 0 Å². The molecule has 4 aliphatic rings. The van der Waals surface area contributed by atoms with E-state index in [9.17, 15) is 4.79 Å². The van der Waals surface area contributed by atoms with Gasteiger partial charge in [0.2, 0.25) is 0 Å². The summed E-state index contributed by atoms with van der Waals surface area (Å²) in [5.41, 5.74) is 1.55. The Morgan fingerprint density at radius 3 is 2.52 bits per heavy atom. The molecular formula is C27H44O2. The van der Waals surface area contributed by atoms with Gasteiger partial charge in [0.25, 0.3) is 0 Å². The summed E-state index contributed by atoms with van der Waals surface area (Å²) in [7, 11) is 0. The second kappa shape index (κ2) is 8.04. The van der Waals surface area contributed by atoms with Crippen LogP contribution in [0.25, 0.3) is 0 Å². The fourth-order valence-corrected chi connectivity index (χ4v) is 9.22. The number of hydrogen-bond acceptors (Lipinski definition) is 1. The highest BCUT2D eigenvalue weighted by molar-refractivity contribution is 5.85. The molecule has 2 heteroatoms. The smallest absolute Gasteiger partial charge is 0.330 e. The Kier molecular flexibility index (Phi) is 5.95. The van der Waals surface area contributed by atoms with Crippen molar-refractivity contribution in [3.8, 4) is 0 Å². The Labute approximate surface area is 178 Å². The van der Waals surface area contributed by atoms with Crippen LogP contribution in [0.5, 0.6) is 0 Å². The van der Waals surface area contributed by atoms with Gasteiger partial charge in [-0.2, -0.15) is 0 Å². The SMILES string of the molecule is C=C(CCCC(C)[C@H]1CC[C@H]2[C@@H]3CCC4CCCC[C@]4(C)[C@H]3CC[C@]12C)C(=O)O. The predicted octanol–water partition coefficient (Wildman–Crippen LogP) is 7.48. The zero-order chi connectivity index (χ0) is 20.8. The number of fused-ring (bicyclic) bond motifs is 5. The van der Waals surface area contributed by atoms with E-state index in [0.29, 0.717) is 28.7 Å². The van der Waals surface area contributed by atoms with E-state index in [0.717, 1.165) is 42.4 Å². The highest BCUT2D eigenvalue weighted by atomic mass is 16.4. The topological polar surface area (TPSA) is 37.3 Å². The molecule has 1 N–H and O–H groups in total. The average Bonchev–Trinajstić information content (AvgIpc) is 3.04. The van der Waals surface area contributed by atoms with Gasteiger partial charge in [0.05, 0.1) is 0 Å². The van der Waals surface area contributed by atoms with E-state index in [-0.39, 0.29) is 0 Å². The number of rotatable bonds is 6. The zero-order valence-corrected chi connectivity index (χ0v) is 19.2. The Bertz CT molecular complexity index is 638. The quantitative estimate of drug-likeness (QED) is 0.469. The Morgan fingerprint density at radius 1 is 1.00 bits per heavy atom.